The third-order valence-electron chi connectivity index (χ3n) is 4.05. The second-order valence-corrected chi connectivity index (χ2v) is 7.82. The highest BCUT2D eigenvalue weighted by atomic mass is 32.2. The summed E-state index contributed by atoms with van der Waals surface area (Å²) in [5, 5.41) is 0. The number of carbonyl (C=O) groups is 1. The summed E-state index contributed by atoms with van der Waals surface area (Å²) < 4.78 is 24.9. The van der Waals surface area contributed by atoms with Gasteiger partial charge in [0.05, 0.1) is 4.90 Å². The largest absolute Gasteiger partial charge is 0.370 e. The number of benzene rings is 1. The van der Waals surface area contributed by atoms with Crippen LogP contribution in [-0.4, -0.2) is 26.5 Å². The summed E-state index contributed by atoms with van der Waals surface area (Å²) in [6.07, 6.45) is 4.26. The number of amides is 1. The Hall–Kier alpha value is -1.89. The van der Waals surface area contributed by atoms with E-state index in [-0.39, 0.29) is 22.3 Å². The molecule has 0 radical (unpaired) electrons. The maximum Gasteiger partial charge on any atom is 0.280 e. The molecule has 1 aromatic carbocycles. The summed E-state index contributed by atoms with van der Waals surface area (Å²) in [6, 6.07) is 3.37. The van der Waals surface area contributed by atoms with E-state index in [0.717, 1.165) is 24.8 Å². The van der Waals surface area contributed by atoms with Crippen LogP contribution < -0.4 is 11.5 Å². The van der Waals surface area contributed by atoms with Crippen LogP contribution >= 0.6 is 0 Å². The zero-order valence-electron chi connectivity index (χ0n) is 14.8. The van der Waals surface area contributed by atoms with Crippen LogP contribution in [0.3, 0.4) is 0 Å². The van der Waals surface area contributed by atoms with Gasteiger partial charge < -0.3 is 11.5 Å². The number of sulfone groups is 1. The Balaban J connectivity index is 3.73. The summed E-state index contributed by atoms with van der Waals surface area (Å²) in [7, 11) is -3.50. The molecule has 0 aliphatic heterocycles. The summed E-state index contributed by atoms with van der Waals surface area (Å²) >= 11 is 0. The number of nitrogens with two attached hydrogens (primary N) is 2. The van der Waals surface area contributed by atoms with E-state index in [1.165, 1.54) is 6.26 Å². The van der Waals surface area contributed by atoms with Crippen molar-refractivity contribution in [1.29, 1.82) is 0 Å². The smallest absolute Gasteiger partial charge is 0.280 e. The van der Waals surface area contributed by atoms with Gasteiger partial charge in [0.15, 0.2) is 15.8 Å². The summed E-state index contributed by atoms with van der Waals surface area (Å²) in [4.78, 5) is 16.0. The third-order valence-corrected chi connectivity index (χ3v) is 5.27. The van der Waals surface area contributed by atoms with Crippen LogP contribution in [0.1, 0.15) is 67.4 Å². The monoisotopic (exact) mass is 353 g/mol. The predicted octanol–water partition coefficient (Wildman–Crippen LogP) is 2.36. The minimum Gasteiger partial charge on any atom is -0.370 e. The molecular weight excluding hydrogens is 326 g/mol. The summed E-state index contributed by atoms with van der Waals surface area (Å²) in [5.74, 6) is -0.825. The highest BCUT2D eigenvalue weighted by molar-refractivity contribution is 7.90. The molecule has 134 valence electrons. The van der Waals surface area contributed by atoms with Gasteiger partial charge >= 0.3 is 0 Å². The Bertz CT molecular complexity index is 736. The lowest BCUT2D eigenvalue weighted by atomic mass is 9.89. The molecule has 0 aliphatic carbocycles. The molecule has 1 amide bonds. The molecule has 1 rings (SSSR count). The first-order valence-electron chi connectivity index (χ1n) is 8.17. The van der Waals surface area contributed by atoms with Crippen molar-refractivity contribution in [3.8, 4) is 0 Å². The Morgan fingerprint density at radius 2 is 1.83 bits per heavy atom. The molecule has 4 N–H and O–H groups in total. The van der Waals surface area contributed by atoms with Crippen LogP contribution in [0, 0.1) is 0 Å². The van der Waals surface area contributed by atoms with Crippen molar-refractivity contribution in [3.63, 3.8) is 0 Å². The molecule has 0 saturated heterocycles. The van der Waals surface area contributed by atoms with Gasteiger partial charge in [-0.3, -0.25) is 4.79 Å². The maximum atomic E-state index is 12.5. The van der Waals surface area contributed by atoms with Gasteiger partial charge in [0.1, 0.15) is 0 Å². The quantitative estimate of drug-likeness (QED) is 0.576. The molecule has 6 nitrogen and oxygen atoms in total. The standard InChI is InChI=1S/C17H27N3O3S/c1-5-8-11(6-2)13-9-10-14(16(21)20-17(18)19)12(7-3)15(13)24(4,22)23/h9-11H,5-8H2,1-4H3,(H4,18,19,20,21). The van der Waals surface area contributed by atoms with Gasteiger partial charge in [-0.15, -0.1) is 0 Å². The number of rotatable bonds is 7. The zero-order valence-corrected chi connectivity index (χ0v) is 15.6. The van der Waals surface area contributed by atoms with Gasteiger partial charge in [-0.25, -0.2) is 8.42 Å². The van der Waals surface area contributed by atoms with Crippen molar-refractivity contribution in [3.05, 3.63) is 28.8 Å². The van der Waals surface area contributed by atoms with E-state index in [2.05, 4.69) is 11.9 Å². The molecule has 1 unspecified atom stereocenters. The van der Waals surface area contributed by atoms with Crippen LogP contribution in [0.5, 0.6) is 0 Å². The molecule has 0 aliphatic rings. The average Bonchev–Trinajstić information content (AvgIpc) is 2.49. The fourth-order valence-electron chi connectivity index (χ4n) is 3.06. The van der Waals surface area contributed by atoms with Gasteiger partial charge in [-0.2, -0.15) is 4.99 Å². The fourth-order valence-corrected chi connectivity index (χ4v) is 4.43. The highest BCUT2D eigenvalue weighted by Gasteiger charge is 2.26. The molecule has 0 spiro atoms. The van der Waals surface area contributed by atoms with Gasteiger partial charge in [0.25, 0.3) is 5.91 Å². The topological polar surface area (TPSA) is 116 Å². The Morgan fingerprint density at radius 1 is 1.21 bits per heavy atom. The van der Waals surface area contributed by atoms with Gasteiger partial charge in [0.2, 0.25) is 0 Å². The molecule has 0 fully saturated rings. The third kappa shape index (κ3) is 4.56. The molecule has 0 bridgehead atoms. The first-order valence-corrected chi connectivity index (χ1v) is 10.1. The van der Waals surface area contributed by atoms with Gasteiger partial charge in [-0.1, -0.05) is 33.3 Å². The highest BCUT2D eigenvalue weighted by Crippen LogP contribution is 2.34. The van der Waals surface area contributed by atoms with E-state index in [0.29, 0.717) is 12.0 Å². The van der Waals surface area contributed by atoms with Crippen LogP contribution in [0.15, 0.2) is 22.0 Å². The molecular formula is C17H27N3O3S. The predicted molar refractivity (Wildman–Crippen MR) is 97.0 cm³/mol. The Kier molecular flexibility index (Phi) is 6.95. The van der Waals surface area contributed by atoms with E-state index in [9.17, 15) is 13.2 Å². The number of carbonyl (C=O) groups excluding carboxylic acids is 1. The van der Waals surface area contributed by atoms with Crippen LogP contribution in [0.4, 0.5) is 0 Å². The minimum absolute atomic E-state index is 0.136. The minimum atomic E-state index is -3.50. The first kappa shape index (κ1) is 20.2. The molecule has 0 saturated carbocycles. The molecule has 0 heterocycles. The molecule has 0 aromatic heterocycles. The van der Waals surface area contributed by atoms with E-state index in [4.69, 9.17) is 11.5 Å². The van der Waals surface area contributed by atoms with Crippen molar-refractivity contribution < 1.29 is 13.2 Å². The number of guanidine groups is 1. The lowest BCUT2D eigenvalue weighted by Gasteiger charge is -2.21. The van der Waals surface area contributed by atoms with E-state index in [1.807, 2.05) is 13.8 Å². The van der Waals surface area contributed by atoms with Crippen molar-refractivity contribution in [1.82, 2.24) is 0 Å². The van der Waals surface area contributed by atoms with Crippen molar-refractivity contribution >= 4 is 21.7 Å². The zero-order chi connectivity index (χ0) is 18.5. The molecule has 24 heavy (non-hydrogen) atoms. The number of hydrogen-bond donors (Lipinski definition) is 2. The SMILES string of the molecule is CCCC(CC)c1ccc(C(=O)N=C(N)N)c(CC)c1S(C)(=O)=O. The Labute approximate surface area is 144 Å². The first-order chi connectivity index (χ1) is 11.2. The lowest BCUT2D eigenvalue weighted by Crippen LogP contribution is -2.24. The number of nitrogens with zero attached hydrogens (tertiary/aromatic N) is 1. The maximum absolute atomic E-state index is 12.5. The second-order valence-electron chi connectivity index (χ2n) is 5.87. The van der Waals surface area contributed by atoms with E-state index in [1.54, 1.807) is 12.1 Å². The Morgan fingerprint density at radius 3 is 2.25 bits per heavy atom. The van der Waals surface area contributed by atoms with Gasteiger partial charge in [-0.05, 0) is 42.4 Å². The number of aliphatic imine (C=N–C) groups is 1. The summed E-state index contributed by atoms with van der Waals surface area (Å²) in [5.41, 5.74) is 12.0. The lowest BCUT2D eigenvalue weighted by molar-refractivity contribution is 0.100. The van der Waals surface area contributed by atoms with E-state index >= 15 is 0 Å². The van der Waals surface area contributed by atoms with Gasteiger partial charge in [0, 0.05) is 11.8 Å². The van der Waals surface area contributed by atoms with Crippen LogP contribution in [0.25, 0.3) is 0 Å². The molecule has 1 aromatic rings. The number of hydrogen-bond acceptors (Lipinski definition) is 3. The average molecular weight is 353 g/mol. The van der Waals surface area contributed by atoms with E-state index < -0.39 is 15.7 Å². The fraction of sp³-hybridized carbons (Fsp3) is 0.529. The molecule has 7 heteroatoms. The van der Waals surface area contributed by atoms with Crippen LogP contribution in [0.2, 0.25) is 0 Å². The van der Waals surface area contributed by atoms with Crippen molar-refractivity contribution in [2.24, 2.45) is 16.5 Å². The molecule has 1 atom stereocenters. The van der Waals surface area contributed by atoms with Crippen LogP contribution in [-0.2, 0) is 16.3 Å². The normalized spacial score (nSPS) is 12.7. The summed E-state index contributed by atoms with van der Waals surface area (Å²) in [6.45, 7) is 5.93. The van der Waals surface area contributed by atoms with Crippen molar-refractivity contribution in [2.45, 2.75) is 57.3 Å². The second kappa shape index (κ2) is 8.28. The van der Waals surface area contributed by atoms with Crippen molar-refractivity contribution in [2.75, 3.05) is 6.26 Å².